The molecular weight excluding hydrogens is 309 g/mol. The molecule has 0 bridgehead atoms. The Bertz CT molecular complexity index is 654. The van der Waals surface area contributed by atoms with E-state index < -0.39 is 30.5 Å². The summed E-state index contributed by atoms with van der Waals surface area (Å²) in [7, 11) is 1.69. The van der Waals surface area contributed by atoms with Crippen LogP contribution in [0.3, 0.4) is 0 Å². The molecule has 2 aromatic rings. The summed E-state index contributed by atoms with van der Waals surface area (Å²) in [6, 6.07) is 6.89. The van der Waals surface area contributed by atoms with Gasteiger partial charge in [0.2, 0.25) is 5.91 Å². The predicted molar refractivity (Wildman–Crippen MR) is 77.4 cm³/mol. The maximum Gasteiger partial charge on any atom is 0.396 e. The van der Waals surface area contributed by atoms with Crippen LogP contribution in [0.5, 0.6) is 0 Å². The molecule has 1 aromatic carbocycles. The number of nitrogens with one attached hydrogen (secondary N) is 1. The molecule has 2 rings (SSSR count). The first-order valence-corrected chi connectivity index (χ1v) is 7.04. The van der Waals surface area contributed by atoms with E-state index in [9.17, 15) is 18.0 Å². The van der Waals surface area contributed by atoms with Crippen molar-refractivity contribution < 1.29 is 18.0 Å². The van der Waals surface area contributed by atoms with Gasteiger partial charge in [-0.1, -0.05) is 30.3 Å². The highest BCUT2D eigenvalue weighted by Crippen LogP contribution is 2.37. The zero-order valence-electron chi connectivity index (χ0n) is 12.7. The predicted octanol–water partition coefficient (Wildman–Crippen LogP) is 2.73. The van der Waals surface area contributed by atoms with Crippen LogP contribution >= 0.6 is 0 Å². The molecule has 5 nitrogen and oxygen atoms in total. The molecule has 0 saturated carbocycles. The van der Waals surface area contributed by atoms with Crippen molar-refractivity contribution in [3.63, 3.8) is 0 Å². The van der Waals surface area contributed by atoms with Crippen LogP contribution in [0.2, 0.25) is 0 Å². The maximum absolute atomic E-state index is 13.2. The zero-order chi connectivity index (χ0) is 17.0. The third-order valence-corrected chi connectivity index (χ3v) is 3.50. The molecule has 0 radical (unpaired) electrons. The second kappa shape index (κ2) is 6.80. The number of halogens is 3. The van der Waals surface area contributed by atoms with E-state index in [1.807, 2.05) is 0 Å². The number of nitrogens with zero attached hydrogens (tertiary/aromatic N) is 3. The van der Waals surface area contributed by atoms with Crippen molar-refractivity contribution in [2.45, 2.75) is 31.5 Å². The van der Waals surface area contributed by atoms with Gasteiger partial charge in [0.25, 0.3) is 0 Å². The van der Waals surface area contributed by atoms with Gasteiger partial charge in [-0.15, -0.1) is 10.2 Å². The second-order valence-electron chi connectivity index (χ2n) is 5.30. The van der Waals surface area contributed by atoms with Gasteiger partial charge in [-0.3, -0.25) is 4.79 Å². The summed E-state index contributed by atoms with van der Waals surface area (Å²) in [4.78, 5) is 12.0. The summed E-state index contributed by atoms with van der Waals surface area (Å²) < 4.78 is 41.3. The Balaban J connectivity index is 2.08. The molecule has 8 heteroatoms. The average molecular weight is 326 g/mol. The van der Waals surface area contributed by atoms with Gasteiger partial charge in [0, 0.05) is 13.5 Å². The molecule has 0 aliphatic carbocycles. The van der Waals surface area contributed by atoms with Gasteiger partial charge in [-0.25, -0.2) is 0 Å². The van der Waals surface area contributed by atoms with Crippen LogP contribution in [0.25, 0.3) is 0 Å². The second-order valence-corrected chi connectivity index (χ2v) is 5.30. The largest absolute Gasteiger partial charge is 0.396 e. The highest BCUT2D eigenvalue weighted by molar-refractivity contribution is 5.77. The van der Waals surface area contributed by atoms with Crippen molar-refractivity contribution in [2.24, 2.45) is 7.05 Å². The van der Waals surface area contributed by atoms with Gasteiger partial charge in [0.05, 0.1) is 12.0 Å². The standard InChI is InChI=1S/C15H17F3N4O/c1-10(14-21-19-9-22(14)2)20-13(23)8-12(15(16,17)18)11-6-4-3-5-7-11/h3-7,9-10,12H,8H2,1-2H3,(H,20,23)/t10-,12-/m0/s1. The number of hydrogen-bond donors (Lipinski definition) is 1. The van der Waals surface area contributed by atoms with Gasteiger partial charge < -0.3 is 9.88 Å². The van der Waals surface area contributed by atoms with Crippen molar-refractivity contribution in [3.05, 3.63) is 48.0 Å². The highest BCUT2D eigenvalue weighted by atomic mass is 19.4. The Morgan fingerprint density at radius 2 is 1.96 bits per heavy atom. The van der Waals surface area contributed by atoms with Crippen LogP contribution in [-0.2, 0) is 11.8 Å². The molecule has 0 saturated heterocycles. The Kier molecular flexibility index (Phi) is 5.02. The van der Waals surface area contributed by atoms with Crippen molar-refractivity contribution in [3.8, 4) is 0 Å². The van der Waals surface area contributed by atoms with E-state index in [2.05, 4.69) is 15.5 Å². The minimum atomic E-state index is -4.49. The van der Waals surface area contributed by atoms with Gasteiger partial charge >= 0.3 is 6.18 Å². The summed E-state index contributed by atoms with van der Waals surface area (Å²) >= 11 is 0. The van der Waals surface area contributed by atoms with E-state index in [0.29, 0.717) is 5.82 Å². The molecule has 2 atom stereocenters. The molecular formula is C15H17F3N4O. The molecule has 0 unspecified atom stereocenters. The van der Waals surface area contributed by atoms with Gasteiger partial charge in [-0.2, -0.15) is 13.2 Å². The molecule has 124 valence electrons. The summed E-state index contributed by atoms with van der Waals surface area (Å²) in [6.45, 7) is 1.65. The Morgan fingerprint density at radius 1 is 1.30 bits per heavy atom. The number of hydrogen-bond acceptors (Lipinski definition) is 3. The molecule has 0 aliphatic heterocycles. The zero-order valence-corrected chi connectivity index (χ0v) is 12.7. The highest BCUT2D eigenvalue weighted by Gasteiger charge is 2.42. The van der Waals surface area contributed by atoms with E-state index in [4.69, 9.17) is 0 Å². The van der Waals surface area contributed by atoms with Crippen LogP contribution < -0.4 is 5.32 Å². The van der Waals surface area contributed by atoms with Crippen LogP contribution in [-0.4, -0.2) is 26.8 Å². The fraction of sp³-hybridized carbons (Fsp3) is 0.400. The molecule has 1 aromatic heterocycles. The monoisotopic (exact) mass is 326 g/mol. The minimum absolute atomic E-state index is 0.0708. The number of rotatable bonds is 5. The van der Waals surface area contributed by atoms with E-state index in [0.717, 1.165) is 0 Å². The number of benzene rings is 1. The van der Waals surface area contributed by atoms with Crippen molar-refractivity contribution in [2.75, 3.05) is 0 Å². The lowest BCUT2D eigenvalue weighted by molar-refractivity contribution is -0.157. The van der Waals surface area contributed by atoms with Crippen molar-refractivity contribution in [1.29, 1.82) is 0 Å². The maximum atomic E-state index is 13.2. The van der Waals surface area contributed by atoms with Crippen LogP contribution in [0.1, 0.15) is 36.7 Å². The van der Waals surface area contributed by atoms with Crippen molar-refractivity contribution in [1.82, 2.24) is 20.1 Å². The van der Waals surface area contributed by atoms with Crippen LogP contribution in [0.15, 0.2) is 36.7 Å². The number of carbonyl (C=O) groups excluding carboxylic acids is 1. The summed E-state index contributed by atoms with van der Waals surface area (Å²) in [5, 5.41) is 10.0. The molecule has 1 N–H and O–H groups in total. The average Bonchev–Trinajstić information content (AvgIpc) is 2.91. The van der Waals surface area contributed by atoms with Gasteiger partial charge in [0.15, 0.2) is 5.82 Å². The fourth-order valence-electron chi connectivity index (χ4n) is 2.34. The minimum Gasteiger partial charge on any atom is -0.346 e. The molecule has 0 aliphatic rings. The lowest BCUT2D eigenvalue weighted by atomic mass is 9.94. The first kappa shape index (κ1) is 17.0. The fourth-order valence-corrected chi connectivity index (χ4v) is 2.34. The Labute approximate surface area is 131 Å². The van der Waals surface area contributed by atoms with Crippen LogP contribution in [0.4, 0.5) is 13.2 Å². The normalized spacial score (nSPS) is 14.3. The van der Waals surface area contributed by atoms with E-state index in [-0.39, 0.29) is 5.56 Å². The van der Waals surface area contributed by atoms with Gasteiger partial charge in [-0.05, 0) is 12.5 Å². The van der Waals surface area contributed by atoms with Gasteiger partial charge in [0.1, 0.15) is 6.33 Å². The van der Waals surface area contributed by atoms with E-state index >= 15 is 0 Å². The first-order valence-electron chi connectivity index (χ1n) is 7.04. The quantitative estimate of drug-likeness (QED) is 0.919. The number of aryl methyl sites for hydroxylation is 1. The first-order chi connectivity index (χ1) is 10.8. The summed E-state index contributed by atoms with van der Waals surface area (Å²) in [6.07, 6.45) is -3.71. The lowest BCUT2D eigenvalue weighted by Gasteiger charge is -2.21. The topological polar surface area (TPSA) is 59.8 Å². The van der Waals surface area contributed by atoms with E-state index in [1.54, 1.807) is 24.6 Å². The Hall–Kier alpha value is -2.38. The Morgan fingerprint density at radius 3 is 2.48 bits per heavy atom. The van der Waals surface area contributed by atoms with Crippen molar-refractivity contribution >= 4 is 5.91 Å². The summed E-state index contributed by atoms with van der Waals surface area (Å²) in [5.74, 6) is -2.05. The molecule has 0 spiro atoms. The number of aromatic nitrogens is 3. The number of amides is 1. The molecule has 0 fully saturated rings. The van der Waals surface area contributed by atoms with E-state index in [1.165, 1.54) is 30.6 Å². The number of alkyl halides is 3. The SMILES string of the molecule is C[C@H](NC(=O)C[C@@H](c1ccccc1)C(F)(F)F)c1nncn1C. The molecule has 23 heavy (non-hydrogen) atoms. The molecule has 1 amide bonds. The third-order valence-electron chi connectivity index (χ3n) is 3.50. The van der Waals surface area contributed by atoms with Crippen LogP contribution in [0, 0.1) is 0 Å². The summed E-state index contributed by atoms with van der Waals surface area (Å²) in [5.41, 5.74) is 0.0708. The lowest BCUT2D eigenvalue weighted by Crippen LogP contribution is -2.33. The number of carbonyl (C=O) groups is 1. The molecule has 1 heterocycles. The third kappa shape index (κ3) is 4.30. The smallest absolute Gasteiger partial charge is 0.346 e.